The second kappa shape index (κ2) is 11.4. The summed E-state index contributed by atoms with van der Waals surface area (Å²) in [5, 5.41) is 6.70. The van der Waals surface area contributed by atoms with Crippen LogP contribution in [0.5, 0.6) is 11.5 Å². The molecule has 1 aromatic rings. The molecule has 0 heterocycles. The molecule has 0 aliphatic rings. The zero-order valence-electron chi connectivity index (χ0n) is 13.4. The molecule has 0 spiro atoms. The summed E-state index contributed by atoms with van der Waals surface area (Å²) in [6.45, 7) is 9.53. The lowest BCUT2D eigenvalue weighted by molar-refractivity contribution is 0.199. The Hall–Kier alpha value is -1.30. The minimum Gasteiger partial charge on any atom is -0.490 e. The van der Waals surface area contributed by atoms with Crippen LogP contribution >= 0.6 is 0 Å². The van der Waals surface area contributed by atoms with Crippen LogP contribution in [0.25, 0.3) is 0 Å². The third-order valence-electron chi connectivity index (χ3n) is 2.90. The van der Waals surface area contributed by atoms with Gasteiger partial charge in [-0.15, -0.1) is 0 Å². The van der Waals surface area contributed by atoms with Gasteiger partial charge in [-0.3, -0.25) is 0 Å². The summed E-state index contributed by atoms with van der Waals surface area (Å²) in [6.07, 6.45) is 0. The van der Waals surface area contributed by atoms with Gasteiger partial charge in [0.25, 0.3) is 0 Å². The van der Waals surface area contributed by atoms with Crippen LogP contribution < -0.4 is 20.1 Å². The summed E-state index contributed by atoms with van der Waals surface area (Å²) in [7, 11) is 1.71. The van der Waals surface area contributed by atoms with E-state index in [0.717, 1.165) is 44.3 Å². The van der Waals surface area contributed by atoms with Gasteiger partial charge in [-0.1, -0.05) is 6.07 Å². The van der Waals surface area contributed by atoms with Crippen LogP contribution in [-0.2, 0) is 11.3 Å². The van der Waals surface area contributed by atoms with E-state index in [4.69, 9.17) is 14.2 Å². The van der Waals surface area contributed by atoms with Crippen LogP contribution in [0.1, 0.15) is 19.4 Å². The maximum atomic E-state index is 5.62. The highest BCUT2D eigenvalue weighted by atomic mass is 16.5. The van der Waals surface area contributed by atoms with Gasteiger partial charge in [0.05, 0.1) is 19.8 Å². The van der Waals surface area contributed by atoms with Crippen molar-refractivity contribution in [3.05, 3.63) is 23.8 Å². The molecule has 5 heteroatoms. The van der Waals surface area contributed by atoms with E-state index in [1.807, 2.05) is 26.0 Å². The molecule has 0 radical (unpaired) electrons. The van der Waals surface area contributed by atoms with Gasteiger partial charge in [0, 0.05) is 33.3 Å². The number of nitrogens with one attached hydrogen (secondary N) is 2. The first-order chi connectivity index (χ1) is 10.3. The van der Waals surface area contributed by atoms with Crippen molar-refractivity contribution >= 4 is 0 Å². The fourth-order valence-electron chi connectivity index (χ4n) is 1.91. The molecule has 0 fully saturated rings. The molecular weight excluding hydrogens is 268 g/mol. The number of methoxy groups -OCH3 is 1. The maximum Gasteiger partial charge on any atom is 0.161 e. The molecular formula is C16H28N2O3. The molecule has 0 atom stereocenters. The van der Waals surface area contributed by atoms with Crippen LogP contribution in [0, 0.1) is 0 Å². The Bertz CT molecular complexity index is 386. The summed E-state index contributed by atoms with van der Waals surface area (Å²) in [4.78, 5) is 0. The van der Waals surface area contributed by atoms with E-state index in [9.17, 15) is 0 Å². The van der Waals surface area contributed by atoms with E-state index in [2.05, 4.69) is 16.7 Å². The predicted octanol–water partition coefficient (Wildman–Crippen LogP) is 1.81. The van der Waals surface area contributed by atoms with Gasteiger partial charge in [-0.2, -0.15) is 0 Å². The Morgan fingerprint density at radius 1 is 0.905 bits per heavy atom. The summed E-state index contributed by atoms with van der Waals surface area (Å²) in [5.74, 6) is 1.63. The number of ether oxygens (including phenoxy) is 3. The Balaban J connectivity index is 2.35. The molecule has 120 valence electrons. The molecule has 21 heavy (non-hydrogen) atoms. The lowest BCUT2D eigenvalue weighted by Gasteiger charge is -2.13. The number of hydrogen-bond donors (Lipinski definition) is 2. The Morgan fingerprint density at radius 2 is 1.62 bits per heavy atom. The summed E-state index contributed by atoms with van der Waals surface area (Å²) in [5.41, 5.74) is 1.19. The highest BCUT2D eigenvalue weighted by Crippen LogP contribution is 2.28. The largest absolute Gasteiger partial charge is 0.490 e. The number of benzene rings is 1. The molecule has 0 bridgehead atoms. The zero-order valence-corrected chi connectivity index (χ0v) is 13.4. The molecule has 0 saturated heterocycles. The lowest BCUT2D eigenvalue weighted by Crippen LogP contribution is -2.29. The highest BCUT2D eigenvalue weighted by Gasteiger charge is 2.05. The molecule has 0 aliphatic heterocycles. The fraction of sp³-hybridized carbons (Fsp3) is 0.625. The van der Waals surface area contributed by atoms with Gasteiger partial charge in [-0.25, -0.2) is 0 Å². The molecule has 0 saturated carbocycles. The standard InChI is InChI=1S/C16H28N2O3/c1-4-20-15-7-6-14(12-16(15)21-5-2)13-18-9-8-17-10-11-19-3/h6-7,12,17-18H,4-5,8-11,13H2,1-3H3. The van der Waals surface area contributed by atoms with Crippen molar-refractivity contribution < 1.29 is 14.2 Å². The third-order valence-corrected chi connectivity index (χ3v) is 2.90. The first-order valence-electron chi connectivity index (χ1n) is 7.60. The molecule has 0 aromatic heterocycles. The van der Waals surface area contributed by atoms with Crippen molar-refractivity contribution in [2.75, 3.05) is 46.6 Å². The van der Waals surface area contributed by atoms with Crippen molar-refractivity contribution in [1.82, 2.24) is 10.6 Å². The van der Waals surface area contributed by atoms with Gasteiger partial charge >= 0.3 is 0 Å². The van der Waals surface area contributed by atoms with Crippen LogP contribution in [0.15, 0.2) is 18.2 Å². The van der Waals surface area contributed by atoms with Crippen LogP contribution in [0.2, 0.25) is 0 Å². The van der Waals surface area contributed by atoms with Gasteiger partial charge in [0.1, 0.15) is 0 Å². The van der Waals surface area contributed by atoms with E-state index >= 15 is 0 Å². The van der Waals surface area contributed by atoms with Gasteiger partial charge < -0.3 is 24.8 Å². The third kappa shape index (κ3) is 7.32. The second-order valence-electron chi connectivity index (χ2n) is 4.57. The topological polar surface area (TPSA) is 51.8 Å². The number of hydrogen-bond acceptors (Lipinski definition) is 5. The SMILES string of the molecule is CCOc1ccc(CNCCNCCOC)cc1OCC. The van der Waals surface area contributed by atoms with Gasteiger partial charge in [-0.05, 0) is 31.5 Å². The zero-order chi connectivity index (χ0) is 15.3. The van der Waals surface area contributed by atoms with E-state index in [-0.39, 0.29) is 0 Å². The summed E-state index contributed by atoms with van der Waals surface area (Å²) < 4.78 is 16.2. The van der Waals surface area contributed by atoms with Crippen LogP contribution in [0.3, 0.4) is 0 Å². The average molecular weight is 296 g/mol. The van der Waals surface area contributed by atoms with Gasteiger partial charge in [0.15, 0.2) is 11.5 Å². The minimum atomic E-state index is 0.639. The van der Waals surface area contributed by atoms with E-state index in [1.165, 1.54) is 5.56 Å². The van der Waals surface area contributed by atoms with Crippen LogP contribution in [0.4, 0.5) is 0 Å². The predicted molar refractivity (Wildman–Crippen MR) is 85.2 cm³/mol. The van der Waals surface area contributed by atoms with Crippen molar-refractivity contribution in [2.24, 2.45) is 0 Å². The fourth-order valence-corrected chi connectivity index (χ4v) is 1.91. The quantitative estimate of drug-likeness (QED) is 0.576. The number of rotatable bonds is 12. The van der Waals surface area contributed by atoms with E-state index in [1.54, 1.807) is 7.11 Å². The van der Waals surface area contributed by atoms with E-state index in [0.29, 0.717) is 13.2 Å². The molecule has 2 N–H and O–H groups in total. The van der Waals surface area contributed by atoms with Crippen molar-refractivity contribution in [3.8, 4) is 11.5 Å². The summed E-state index contributed by atoms with van der Waals surface area (Å²) in [6, 6.07) is 6.08. The Labute approximate surface area is 128 Å². The first kappa shape index (κ1) is 17.8. The smallest absolute Gasteiger partial charge is 0.161 e. The average Bonchev–Trinajstić information content (AvgIpc) is 2.49. The molecule has 0 amide bonds. The van der Waals surface area contributed by atoms with E-state index < -0.39 is 0 Å². The molecule has 0 aliphatic carbocycles. The lowest BCUT2D eigenvalue weighted by atomic mass is 10.2. The van der Waals surface area contributed by atoms with Crippen molar-refractivity contribution in [3.63, 3.8) is 0 Å². The maximum absolute atomic E-state index is 5.62. The van der Waals surface area contributed by atoms with Crippen molar-refractivity contribution in [2.45, 2.75) is 20.4 Å². The molecule has 1 aromatic carbocycles. The van der Waals surface area contributed by atoms with Crippen LogP contribution in [-0.4, -0.2) is 46.6 Å². The minimum absolute atomic E-state index is 0.639. The molecule has 5 nitrogen and oxygen atoms in total. The summed E-state index contributed by atoms with van der Waals surface area (Å²) >= 11 is 0. The highest BCUT2D eigenvalue weighted by molar-refractivity contribution is 5.43. The molecule has 0 unspecified atom stereocenters. The monoisotopic (exact) mass is 296 g/mol. The molecule has 1 rings (SSSR count). The Kier molecular flexibility index (Phi) is 9.61. The normalized spacial score (nSPS) is 10.6. The van der Waals surface area contributed by atoms with Crippen molar-refractivity contribution in [1.29, 1.82) is 0 Å². The second-order valence-corrected chi connectivity index (χ2v) is 4.57. The van der Waals surface area contributed by atoms with Gasteiger partial charge in [0.2, 0.25) is 0 Å². The Morgan fingerprint density at radius 3 is 2.33 bits per heavy atom. The first-order valence-corrected chi connectivity index (χ1v) is 7.60.